The Balaban J connectivity index is 2.04. The van der Waals surface area contributed by atoms with E-state index < -0.39 is 0 Å². The standard InChI is InChI=1S/C16H17N3O/c1-2-15(18)16-8-7-14(11-19-16)20-13-5-3-12(4-6-13)9-10-17/h3-8,11,15H,2,9,18H2,1H3/t15-/m0/s1. The summed E-state index contributed by atoms with van der Waals surface area (Å²) in [6.45, 7) is 2.03. The lowest BCUT2D eigenvalue weighted by molar-refractivity contribution is 0.479. The topological polar surface area (TPSA) is 71.9 Å². The number of nitriles is 1. The molecule has 0 aliphatic heterocycles. The molecule has 20 heavy (non-hydrogen) atoms. The lowest BCUT2D eigenvalue weighted by atomic mass is 10.1. The molecular weight excluding hydrogens is 250 g/mol. The third-order valence-corrected chi connectivity index (χ3v) is 3.02. The summed E-state index contributed by atoms with van der Waals surface area (Å²) in [5, 5.41) is 8.62. The fourth-order valence-electron chi connectivity index (χ4n) is 1.78. The molecule has 2 N–H and O–H groups in total. The molecule has 4 nitrogen and oxygen atoms in total. The van der Waals surface area contributed by atoms with Crippen molar-refractivity contribution in [2.24, 2.45) is 5.73 Å². The molecule has 0 saturated heterocycles. The fraction of sp³-hybridized carbons (Fsp3) is 0.250. The van der Waals surface area contributed by atoms with Crippen LogP contribution in [0.4, 0.5) is 0 Å². The van der Waals surface area contributed by atoms with Gasteiger partial charge in [0.25, 0.3) is 0 Å². The molecule has 2 rings (SSSR count). The third-order valence-electron chi connectivity index (χ3n) is 3.02. The van der Waals surface area contributed by atoms with Crippen LogP contribution in [0, 0.1) is 11.3 Å². The molecule has 1 atom stereocenters. The lowest BCUT2D eigenvalue weighted by Gasteiger charge is -2.09. The van der Waals surface area contributed by atoms with Crippen LogP contribution >= 0.6 is 0 Å². The number of hydrogen-bond donors (Lipinski definition) is 1. The van der Waals surface area contributed by atoms with E-state index in [9.17, 15) is 0 Å². The maximum absolute atomic E-state index is 8.62. The van der Waals surface area contributed by atoms with Gasteiger partial charge in [0, 0.05) is 6.04 Å². The van der Waals surface area contributed by atoms with E-state index in [0.717, 1.165) is 23.4 Å². The molecule has 1 aromatic carbocycles. The highest BCUT2D eigenvalue weighted by molar-refractivity contribution is 5.33. The first-order valence-electron chi connectivity index (χ1n) is 6.58. The van der Waals surface area contributed by atoms with Gasteiger partial charge in [-0.1, -0.05) is 19.1 Å². The molecule has 0 fully saturated rings. The first-order chi connectivity index (χ1) is 9.72. The van der Waals surface area contributed by atoms with E-state index in [-0.39, 0.29) is 6.04 Å². The van der Waals surface area contributed by atoms with Crippen molar-refractivity contribution in [1.82, 2.24) is 4.98 Å². The molecule has 1 aromatic heterocycles. The van der Waals surface area contributed by atoms with E-state index in [0.29, 0.717) is 12.2 Å². The summed E-state index contributed by atoms with van der Waals surface area (Å²) >= 11 is 0. The van der Waals surface area contributed by atoms with Crippen molar-refractivity contribution in [2.75, 3.05) is 0 Å². The zero-order chi connectivity index (χ0) is 14.4. The molecule has 0 spiro atoms. The second-order valence-corrected chi connectivity index (χ2v) is 4.51. The Labute approximate surface area is 118 Å². The van der Waals surface area contributed by atoms with Crippen LogP contribution in [0.15, 0.2) is 42.6 Å². The van der Waals surface area contributed by atoms with Gasteiger partial charge < -0.3 is 10.5 Å². The number of aromatic nitrogens is 1. The maximum atomic E-state index is 8.62. The number of nitrogens with two attached hydrogens (primary N) is 1. The van der Waals surface area contributed by atoms with Gasteiger partial charge in [-0.3, -0.25) is 4.98 Å². The van der Waals surface area contributed by atoms with Crippen LogP contribution in [0.1, 0.15) is 30.6 Å². The molecule has 4 heteroatoms. The highest BCUT2D eigenvalue weighted by Crippen LogP contribution is 2.22. The molecule has 0 radical (unpaired) electrons. The summed E-state index contributed by atoms with van der Waals surface area (Å²) in [7, 11) is 0. The van der Waals surface area contributed by atoms with Crippen molar-refractivity contribution in [1.29, 1.82) is 5.26 Å². The van der Waals surface area contributed by atoms with Crippen molar-refractivity contribution in [2.45, 2.75) is 25.8 Å². The van der Waals surface area contributed by atoms with E-state index in [4.69, 9.17) is 15.7 Å². The first kappa shape index (κ1) is 14.0. The Bertz CT molecular complexity index is 585. The Morgan fingerprint density at radius 2 is 1.90 bits per heavy atom. The van der Waals surface area contributed by atoms with E-state index >= 15 is 0 Å². The minimum absolute atomic E-state index is 0.0330. The number of hydrogen-bond acceptors (Lipinski definition) is 4. The Kier molecular flexibility index (Phi) is 4.70. The largest absolute Gasteiger partial charge is 0.456 e. The molecule has 2 aromatic rings. The zero-order valence-electron chi connectivity index (χ0n) is 11.4. The van der Waals surface area contributed by atoms with Gasteiger partial charge in [-0.05, 0) is 36.2 Å². The van der Waals surface area contributed by atoms with Crippen molar-refractivity contribution in [3.8, 4) is 17.6 Å². The summed E-state index contributed by atoms with van der Waals surface area (Å²) in [5.74, 6) is 1.39. The Morgan fingerprint density at radius 1 is 1.20 bits per heavy atom. The summed E-state index contributed by atoms with van der Waals surface area (Å²) in [6.07, 6.45) is 2.94. The van der Waals surface area contributed by atoms with Gasteiger partial charge in [0.2, 0.25) is 0 Å². The van der Waals surface area contributed by atoms with E-state index in [1.54, 1.807) is 6.20 Å². The van der Waals surface area contributed by atoms with Crippen LogP contribution in [0.5, 0.6) is 11.5 Å². The van der Waals surface area contributed by atoms with E-state index in [2.05, 4.69) is 11.1 Å². The number of pyridine rings is 1. The van der Waals surface area contributed by atoms with Crippen LogP contribution in [0.25, 0.3) is 0 Å². The minimum Gasteiger partial charge on any atom is -0.456 e. The van der Waals surface area contributed by atoms with E-state index in [1.807, 2.05) is 43.3 Å². The van der Waals surface area contributed by atoms with Crippen molar-refractivity contribution < 1.29 is 4.74 Å². The lowest BCUT2D eigenvalue weighted by Crippen LogP contribution is -2.10. The van der Waals surface area contributed by atoms with Gasteiger partial charge in [-0.15, -0.1) is 0 Å². The number of benzene rings is 1. The molecule has 0 unspecified atom stereocenters. The smallest absolute Gasteiger partial charge is 0.145 e. The van der Waals surface area contributed by atoms with Crippen LogP contribution in [-0.2, 0) is 6.42 Å². The maximum Gasteiger partial charge on any atom is 0.145 e. The number of ether oxygens (including phenoxy) is 1. The molecule has 1 heterocycles. The highest BCUT2D eigenvalue weighted by atomic mass is 16.5. The summed E-state index contributed by atoms with van der Waals surface area (Å²) in [6, 6.07) is 13.3. The SMILES string of the molecule is CC[C@H](N)c1ccc(Oc2ccc(CC#N)cc2)cn1. The molecule has 0 amide bonds. The molecule has 0 aliphatic carbocycles. The predicted octanol–water partition coefficient (Wildman–Crippen LogP) is 3.35. The highest BCUT2D eigenvalue weighted by Gasteiger charge is 2.05. The fourth-order valence-corrected chi connectivity index (χ4v) is 1.78. The predicted molar refractivity (Wildman–Crippen MR) is 77.3 cm³/mol. The van der Waals surface area contributed by atoms with Gasteiger partial charge in [0.05, 0.1) is 24.4 Å². The number of nitrogens with zero attached hydrogens (tertiary/aromatic N) is 2. The average molecular weight is 267 g/mol. The van der Waals surface area contributed by atoms with Crippen molar-refractivity contribution in [3.63, 3.8) is 0 Å². The molecule has 102 valence electrons. The van der Waals surface area contributed by atoms with Crippen LogP contribution < -0.4 is 10.5 Å². The van der Waals surface area contributed by atoms with Gasteiger partial charge in [-0.25, -0.2) is 0 Å². The molecule has 0 saturated carbocycles. The summed E-state index contributed by atoms with van der Waals surface area (Å²) in [5.41, 5.74) is 7.75. The van der Waals surface area contributed by atoms with Crippen LogP contribution in [0.3, 0.4) is 0 Å². The molecule has 0 aliphatic rings. The molecular formula is C16H17N3O. The number of rotatable bonds is 5. The van der Waals surface area contributed by atoms with Gasteiger partial charge in [-0.2, -0.15) is 5.26 Å². The van der Waals surface area contributed by atoms with Crippen LogP contribution in [-0.4, -0.2) is 4.98 Å². The summed E-state index contributed by atoms with van der Waals surface area (Å²) in [4.78, 5) is 4.30. The summed E-state index contributed by atoms with van der Waals surface area (Å²) < 4.78 is 5.69. The minimum atomic E-state index is -0.0330. The van der Waals surface area contributed by atoms with Gasteiger partial charge in [0.1, 0.15) is 11.5 Å². The quantitative estimate of drug-likeness (QED) is 0.901. The Morgan fingerprint density at radius 3 is 2.45 bits per heavy atom. The Hall–Kier alpha value is -2.38. The van der Waals surface area contributed by atoms with Gasteiger partial charge in [0.15, 0.2) is 0 Å². The first-order valence-corrected chi connectivity index (χ1v) is 6.58. The monoisotopic (exact) mass is 267 g/mol. The van der Waals surface area contributed by atoms with Crippen molar-refractivity contribution >= 4 is 0 Å². The zero-order valence-corrected chi connectivity index (χ0v) is 11.4. The third kappa shape index (κ3) is 3.56. The van der Waals surface area contributed by atoms with Crippen molar-refractivity contribution in [3.05, 3.63) is 53.9 Å². The normalized spacial score (nSPS) is 11.7. The van der Waals surface area contributed by atoms with Gasteiger partial charge >= 0.3 is 0 Å². The van der Waals surface area contributed by atoms with E-state index in [1.165, 1.54) is 0 Å². The molecule has 0 bridgehead atoms. The second-order valence-electron chi connectivity index (χ2n) is 4.51. The second kappa shape index (κ2) is 6.69. The van der Waals surface area contributed by atoms with Crippen LogP contribution in [0.2, 0.25) is 0 Å². The average Bonchev–Trinajstić information content (AvgIpc) is 2.49.